The first-order valence-electron chi connectivity index (χ1n) is 9.02. The van der Waals surface area contributed by atoms with Crippen LogP contribution >= 0.6 is 0 Å². The van der Waals surface area contributed by atoms with Crippen molar-refractivity contribution in [2.75, 3.05) is 38.3 Å². The number of halogens is 1. The van der Waals surface area contributed by atoms with Gasteiger partial charge in [-0.1, -0.05) is 12.1 Å². The van der Waals surface area contributed by atoms with Crippen molar-refractivity contribution >= 4 is 17.3 Å². The number of hydrogen-bond acceptors (Lipinski definition) is 5. The van der Waals surface area contributed by atoms with Crippen LogP contribution in [0.1, 0.15) is 28.9 Å². The summed E-state index contributed by atoms with van der Waals surface area (Å²) in [5, 5.41) is 11.2. The number of nitro benzene ring substituents is 1. The molecule has 0 unspecified atom stereocenters. The summed E-state index contributed by atoms with van der Waals surface area (Å²) in [5.74, 6) is -0.680. The van der Waals surface area contributed by atoms with E-state index < -0.39 is 4.92 Å². The van der Waals surface area contributed by atoms with Crippen molar-refractivity contribution < 1.29 is 18.8 Å². The fourth-order valence-corrected chi connectivity index (χ4v) is 3.22. The Balaban J connectivity index is 1.94. The molecule has 2 aromatic carbocycles. The summed E-state index contributed by atoms with van der Waals surface area (Å²) >= 11 is 0. The molecule has 0 bridgehead atoms. The Morgan fingerprint density at radius 1 is 1.21 bits per heavy atom. The summed E-state index contributed by atoms with van der Waals surface area (Å²) in [6, 6.07) is 9.96. The summed E-state index contributed by atoms with van der Waals surface area (Å²) in [6.45, 7) is 4.11. The summed E-state index contributed by atoms with van der Waals surface area (Å²) in [4.78, 5) is 27.5. The van der Waals surface area contributed by atoms with Crippen LogP contribution in [0.15, 0.2) is 42.5 Å². The minimum Gasteiger partial charge on any atom is -0.378 e. The topological polar surface area (TPSA) is 75.9 Å². The molecule has 1 aliphatic heterocycles. The number of carbonyl (C=O) groups is 1. The number of rotatable bonds is 5. The van der Waals surface area contributed by atoms with Crippen LogP contribution in [-0.4, -0.2) is 49.1 Å². The minimum absolute atomic E-state index is 0.136. The van der Waals surface area contributed by atoms with Crippen LogP contribution in [0.2, 0.25) is 0 Å². The van der Waals surface area contributed by atoms with E-state index in [2.05, 4.69) is 0 Å². The van der Waals surface area contributed by atoms with Crippen molar-refractivity contribution in [2.45, 2.75) is 13.0 Å². The molecule has 1 atom stereocenters. The highest BCUT2D eigenvalue weighted by Crippen LogP contribution is 2.30. The van der Waals surface area contributed by atoms with Crippen molar-refractivity contribution in [1.29, 1.82) is 0 Å². The average molecular weight is 387 g/mol. The zero-order chi connectivity index (χ0) is 20.3. The lowest BCUT2D eigenvalue weighted by Gasteiger charge is -2.32. The average Bonchev–Trinajstić information content (AvgIpc) is 2.73. The SMILES string of the molecule is C[C@H](c1ccc(F)cc1)N(C)C(=O)c1cc([N+](=O)[O-])ccc1N1CCOCC1. The van der Waals surface area contributed by atoms with Crippen LogP contribution in [-0.2, 0) is 4.74 Å². The highest BCUT2D eigenvalue weighted by atomic mass is 19.1. The van der Waals surface area contributed by atoms with Gasteiger partial charge in [0.05, 0.1) is 35.4 Å². The second-order valence-electron chi connectivity index (χ2n) is 6.70. The predicted molar refractivity (Wildman–Crippen MR) is 103 cm³/mol. The van der Waals surface area contributed by atoms with Gasteiger partial charge in [0, 0.05) is 32.3 Å². The normalized spacial score (nSPS) is 15.2. The number of anilines is 1. The quantitative estimate of drug-likeness (QED) is 0.581. The summed E-state index contributed by atoms with van der Waals surface area (Å²) in [6.07, 6.45) is 0. The molecule has 8 heteroatoms. The fourth-order valence-electron chi connectivity index (χ4n) is 3.22. The van der Waals surface area contributed by atoms with E-state index >= 15 is 0 Å². The molecule has 0 aliphatic carbocycles. The third-order valence-corrected chi connectivity index (χ3v) is 5.03. The maximum Gasteiger partial charge on any atom is 0.270 e. The van der Waals surface area contributed by atoms with E-state index in [1.54, 1.807) is 25.2 Å². The molecule has 3 rings (SSSR count). The lowest BCUT2D eigenvalue weighted by atomic mass is 10.0. The van der Waals surface area contributed by atoms with Gasteiger partial charge in [-0.2, -0.15) is 0 Å². The zero-order valence-corrected chi connectivity index (χ0v) is 15.8. The molecule has 0 spiro atoms. The second-order valence-corrected chi connectivity index (χ2v) is 6.70. The molecule has 1 heterocycles. The summed E-state index contributed by atoms with van der Waals surface area (Å²) in [5.41, 5.74) is 1.56. The highest BCUT2D eigenvalue weighted by molar-refractivity contribution is 6.00. The molecule has 1 saturated heterocycles. The Hall–Kier alpha value is -3.00. The number of nitrogens with zero attached hydrogens (tertiary/aromatic N) is 3. The minimum atomic E-state index is -0.511. The molecular formula is C20H22FN3O4. The van der Waals surface area contributed by atoms with Gasteiger partial charge in [0.1, 0.15) is 5.82 Å². The van der Waals surface area contributed by atoms with Crippen LogP contribution in [0.5, 0.6) is 0 Å². The number of carbonyl (C=O) groups excluding carboxylic acids is 1. The molecule has 28 heavy (non-hydrogen) atoms. The fraction of sp³-hybridized carbons (Fsp3) is 0.350. The zero-order valence-electron chi connectivity index (χ0n) is 15.8. The van der Waals surface area contributed by atoms with Crippen molar-refractivity contribution in [3.8, 4) is 0 Å². The van der Waals surface area contributed by atoms with Gasteiger partial charge in [0.25, 0.3) is 11.6 Å². The van der Waals surface area contributed by atoms with Crippen LogP contribution in [0.3, 0.4) is 0 Å². The van der Waals surface area contributed by atoms with Crippen molar-refractivity contribution in [1.82, 2.24) is 4.90 Å². The maximum absolute atomic E-state index is 13.2. The van der Waals surface area contributed by atoms with Gasteiger partial charge in [0.15, 0.2) is 0 Å². The number of benzene rings is 2. The molecule has 0 saturated carbocycles. The molecule has 7 nitrogen and oxygen atoms in total. The molecule has 1 aliphatic rings. The van der Waals surface area contributed by atoms with E-state index in [0.717, 1.165) is 5.56 Å². The number of hydrogen-bond donors (Lipinski definition) is 0. The standard InChI is InChI=1S/C20H22FN3O4/c1-14(15-3-5-16(21)6-4-15)22(2)20(25)18-13-17(24(26)27)7-8-19(18)23-9-11-28-12-10-23/h3-8,13-14H,9-12H2,1-2H3/t14-/m1/s1. The first-order valence-corrected chi connectivity index (χ1v) is 9.02. The van der Waals surface area contributed by atoms with E-state index in [9.17, 15) is 19.3 Å². The van der Waals surface area contributed by atoms with E-state index in [0.29, 0.717) is 32.0 Å². The molecule has 0 aromatic heterocycles. The first kappa shape index (κ1) is 19.8. The van der Waals surface area contributed by atoms with Crippen LogP contribution in [0.25, 0.3) is 0 Å². The molecule has 2 aromatic rings. The Labute approximate surface area is 162 Å². The number of amides is 1. The molecule has 0 N–H and O–H groups in total. The van der Waals surface area contributed by atoms with Gasteiger partial charge in [-0.15, -0.1) is 0 Å². The summed E-state index contributed by atoms with van der Waals surface area (Å²) in [7, 11) is 1.64. The molecule has 1 amide bonds. The Morgan fingerprint density at radius 2 is 1.86 bits per heavy atom. The molecule has 1 fully saturated rings. The third-order valence-electron chi connectivity index (χ3n) is 5.03. The molecule has 0 radical (unpaired) electrons. The van der Waals surface area contributed by atoms with Crippen LogP contribution < -0.4 is 4.90 Å². The van der Waals surface area contributed by atoms with Gasteiger partial charge in [-0.3, -0.25) is 14.9 Å². The second kappa shape index (κ2) is 8.35. The number of nitro groups is 1. The van der Waals surface area contributed by atoms with Gasteiger partial charge in [-0.05, 0) is 30.7 Å². The molecular weight excluding hydrogens is 365 g/mol. The Morgan fingerprint density at radius 3 is 2.46 bits per heavy atom. The Kier molecular flexibility index (Phi) is 5.89. The number of non-ortho nitro benzene ring substituents is 1. The predicted octanol–water partition coefficient (Wildman–Crippen LogP) is 3.40. The first-order chi connectivity index (χ1) is 13.4. The Bertz CT molecular complexity index is 866. The lowest BCUT2D eigenvalue weighted by molar-refractivity contribution is -0.384. The smallest absolute Gasteiger partial charge is 0.270 e. The van der Waals surface area contributed by atoms with E-state index in [1.807, 2.05) is 11.8 Å². The van der Waals surface area contributed by atoms with Crippen molar-refractivity contribution in [3.63, 3.8) is 0 Å². The highest BCUT2D eigenvalue weighted by Gasteiger charge is 2.26. The van der Waals surface area contributed by atoms with Gasteiger partial charge in [0.2, 0.25) is 0 Å². The van der Waals surface area contributed by atoms with E-state index in [-0.39, 0.29) is 29.0 Å². The third kappa shape index (κ3) is 4.12. The summed E-state index contributed by atoms with van der Waals surface area (Å²) < 4.78 is 18.6. The van der Waals surface area contributed by atoms with E-state index in [4.69, 9.17) is 4.74 Å². The van der Waals surface area contributed by atoms with Crippen LogP contribution in [0.4, 0.5) is 15.8 Å². The lowest BCUT2D eigenvalue weighted by Crippen LogP contribution is -2.38. The molecule has 148 valence electrons. The largest absolute Gasteiger partial charge is 0.378 e. The van der Waals surface area contributed by atoms with Crippen molar-refractivity contribution in [2.24, 2.45) is 0 Å². The van der Waals surface area contributed by atoms with Crippen LogP contribution in [0, 0.1) is 15.9 Å². The van der Waals surface area contributed by atoms with Gasteiger partial charge < -0.3 is 14.5 Å². The van der Waals surface area contributed by atoms with Crippen molar-refractivity contribution in [3.05, 3.63) is 69.5 Å². The number of ether oxygens (including phenoxy) is 1. The maximum atomic E-state index is 13.2. The van der Waals surface area contributed by atoms with Gasteiger partial charge in [-0.25, -0.2) is 4.39 Å². The monoisotopic (exact) mass is 387 g/mol. The van der Waals surface area contributed by atoms with E-state index in [1.165, 1.54) is 29.2 Å². The van der Waals surface area contributed by atoms with Gasteiger partial charge >= 0.3 is 0 Å². The number of morpholine rings is 1.